The minimum Gasteiger partial charge on any atom is -0.350 e. The second-order valence-corrected chi connectivity index (χ2v) is 3.59. The molecule has 0 radical (unpaired) electrons. The van der Waals surface area contributed by atoms with Gasteiger partial charge in [0.15, 0.2) is 5.82 Å². The number of hydrogen-bond donors (Lipinski definition) is 2. The highest BCUT2D eigenvalue weighted by atomic mass is 16.1. The van der Waals surface area contributed by atoms with Crippen LogP contribution in [-0.4, -0.2) is 29.1 Å². The maximum Gasteiger partial charge on any atom is 0.290 e. The summed E-state index contributed by atoms with van der Waals surface area (Å²) in [6, 6.07) is 0.158. The van der Waals surface area contributed by atoms with Crippen LogP contribution in [0, 0.1) is 0 Å². The van der Waals surface area contributed by atoms with Crippen LogP contribution in [0.3, 0.4) is 0 Å². The summed E-state index contributed by atoms with van der Waals surface area (Å²) in [5.41, 5.74) is 5.69. The minimum absolute atomic E-state index is 0.137. The number of hydrogen-bond acceptors (Lipinski definition) is 4. The van der Waals surface area contributed by atoms with Crippen molar-refractivity contribution >= 4 is 5.82 Å². The number of nitrogens with two attached hydrogens (primary N) is 1. The van der Waals surface area contributed by atoms with Crippen molar-refractivity contribution in [3.8, 4) is 0 Å². The summed E-state index contributed by atoms with van der Waals surface area (Å²) in [5.74, 6) is 0.489. The Kier molecular flexibility index (Phi) is 2.49. The molecule has 1 aromatic heterocycles. The average molecular weight is 194 g/mol. The molecule has 2 rings (SSSR count). The van der Waals surface area contributed by atoms with E-state index in [1.54, 1.807) is 6.20 Å². The van der Waals surface area contributed by atoms with Gasteiger partial charge in [0.05, 0.1) is 0 Å². The summed E-state index contributed by atoms with van der Waals surface area (Å²) in [7, 11) is 0. The van der Waals surface area contributed by atoms with E-state index in [2.05, 4.69) is 9.97 Å². The van der Waals surface area contributed by atoms with Crippen molar-refractivity contribution in [2.45, 2.75) is 18.9 Å². The molecule has 1 unspecified atom stereocenters. The zero-order valence-corrected chi connectivity index (χ0v) is 7.94. The molecule has 14 heavy (non-hydrogen) atoms. The lowest BCUT2D eigenvalue weighted by molar-refractivity contribution is 0.502. The van der Waals surface area contributed by atoms with Gasteiger partial charge in [0.1, 0.15) is 0 Å². The quantitative estimate of drug-likeness (QED) is 0.643. The first-order chi connectivity index (χ1) is 6.77. The van der Waals surface area contributed by atoms with Crippen LogP contribution < -0.4 is 16.2 Å². The van der Waals surface area contributed by atoms with Gasteiger partial charge in [-0.2, -0.15) is 0 Å². The molecule has 1 fully saturated rings. The summed E-state index contributed by atoms with van der Waals surface area (Å²) in [4.78, 5) is 20.1. The summed E-state index contributed by atoms with van der Waals surface area (Å²) in [5, 5.41) is 0. The van der Waals surface area contributed by atoms with Gasteiger partial charge in [-0.3, -0.25) is 4.79 Å². The molecule has 0 bridgehead atoms. The van der Waals surface area contributed by atoms with Crippen LogP contribution in [0.25, 0.3) is 0 Å². The molecule has 1 aliphatic rings. The van der Waals surface area contributed by atoms with Gasteiger partial charge in [0, 0.05) is 31.5 Å². The molecule has 1 atom stereocenters. The number of rotatable bonds is 1. The highest BCUT2D eigenvalue weighted by Crippen LogP contribution is 2.12. The van der Waals surface area contributed by atoms with Crippen molar-refractivity contribution in [1.29, 1.82) is 0 Å². The molecule has 0 aliphatic carbocycles. The standard InChI is InChI=1S/C9H14N4O/c10-7-2-1-5-13(6-7)8-9(14)12-4-3-11-8/h3-4,7H,1-2,5-6,10H2,(H,12,14). The van der Waals surface area contributed by atoms with E-state index in [9.17, 15) is 4.79 Å². The third kappa shape index (κ3) is 1.77. The van der Waals surface area contributed by atoms with E-state index in [0.717, 1.165) is 25.9 Å². The molecule has 1 aromatic rings. The lowest BCUT2D eigenvalue weighted by Crippen LogP contribution is -2.45. The largest absolute Gasteiger partial charge is 0.350 e. The Hall–Kier alpha value is -1.36. The van der Waals surface area contributed by atoms with Gasteiger partial charge < -0.3 is 15.6 Å². The van der Waals surface area contributed by atoms with Crippen molar-refractivity contribution in [2.24, 2.45) is 5.73 Å². The number of aromatic amines is 1. The van der Waals surface area contributed by atoms with Gasteiger partial charge in [-0.25, -0.2) is 4.98 Å². The Morgan fingerprint density at radius 3 is 3.21 bits per heavy atom. The van der Waals surface area contributed by atoms with Crippen molar-refractivity contribution in [2.75, 3.05) is 18.0 Å². The van der Waals surface area contributed by atoms with Crippen LogP contribution in [0.4, 0.5) is 5.82 Å². The van der Waals surface area contributed by atoms with E-state index >= 15 is 0 Å². The lowest BCUT2D eigenvalue weighted by Gasteiger charge is -2.30. The van der Waals surface area contributed by atoms with Crippen LogP contribution in [0.5, 0.6) is 0 Å². The van der Waals surface area contributed by atoms with Gasteiger partial charge in [0.2, 0.25) is 0 Å². The Labute approximate surface area is 82.0 Å². The molecule has 5 heteroatoms. The SMILES string of the molecule is NC1CCCN(c2ncc[nH]c2=O)C1. The topological polar surface area (TPSA) is 75.0 Å². The molecule has 0 amide bonds. The molecule has 3 N–H and O–H groups in total. The van der Waals surface area contributed by atoms with Crippen LogP contribution in [0.1, 0.15) is 12.8 Å². The third-order valence-corrected chi connectivity index (χ3v) is 2.45. The van der Waals surface area contributed by atoms with Gasteiger partial charge in [-0.15, -0.1) is 0 Å². The molecule has 2 heterocycles. The van der Waals surface area contributed by atoms with Crippen molar-refractivity contribution in [3.63, 3.8) is 0 Å². The predicted molar refractivity (Wildman–Crippen MR) is 54.3 cm³/mol. The number of piperidine rings is 1. The maximum absolute atomic E-state index is 11.4. The fourth-order valence-electron chi connectivity index (χ4n) is 1.77. The molecular weight excluding hydrogens is 180 g/mol. The first-order valence-electron chi connectivity index (χ1n) is 4.81. The first kappa shape index (κ1) is 9.21. The van der Waals surface area contributed by atoms with Crippen LogP contribution in [0.15, 0.2) is 17.2 Å². The van der Waals surface area contributed by atoms with Crippen molar-refractivity contribution in [1.82, 2.24) is 9.97 Å². The van der Waals surface area contributed by atoms with E-state index in [0.29, 0.717) is 5.82 Å². The van der Waals surface area contributed by atoms with Gasteiger partial charge >= 0.3 is 0 Å². The van der Waals surface area contributed by atoms with E-state index in [4.69, 9.17) is 5.73 Å². The number of anilines is 1. The number of nitrogens with one attached hydrogen (secondary N) is 1. The Morgan fingerprint density at radius 1 is 1.64 bits per heavy atom. The van der Waals surface area contributed by atoms with Gasteiger partial charge in [0.25, 0.3) is 5.56 Å². The summed E-state index contributed by atoms with van der Waals surface area (Å²) in [6.07, 6.45) is 5.19. The number of nitrogens with zero attached hydrogens (tertiary/aromatic N) is 2. The van der Waals surface area contributed by atoms with Crippen LogP contribution >= 0.6 is 0 Å². The summed E-state index contributed by atoms with van der Waals surface area (Å²) in [6.45, 7) is 1.59. The minimum atomic E-state index is -0.137. The fourth-order valence-corrected chi connectivity index (χ4v) is 1.77. The lowest BCUT2D eigenvalue weighted by atomic mass is 10.1. The summed E-state index contributed by atoms with van der Waals surface area (Å²) >= 11 is 0. The van der Waals surface area contributed by atoms with E-state index in [-0.39, 0.29) is 11.6 Å². The Balaban J connectivity index is 2.22. The van der Waals surface area contributed by atoms with Crippen molar-refractivity contribution < 1.29 is 0 Å². The maximum atomic E-state index is 11.4. The smallest absolute Gasteiger partial charge is 0.290 e. The molecular formula is C9H14N4O. The molecule has 76 valence electrons. The molecule has 0 aromatic carbocycles. The number of H-pyrrole nitrogens is 1. The van der Waals surface area contributed by atoms with E-state index in [1.165, 1.54) is 6.20 Å². The fraction of sp³-hybridized carbons (Fsp3) is 0.556. The van der Waals surface area contributed by atoms with Gasteiger partial charge in [-0.05, 0) is 12.8 Å². The Morgan fingerprint density at radius 2 is 2.50 bits per heavy atom. The zero-order chi connectivity index (χ0) is 9.97. The zero-order valence-electron chi connectivity index (χ0n) is 7.94. The first-order valence-corrected chi connectivity index (χ1v) is 4.81. The molecule has 5 nitrogen and oxygen atoms in total. The monoisotopic (exact) mass is 194 g/mol. The van der Waals surface area contributed by atoms with Crippen molar-refractivity contribution in [3.05, 3.63) is 22.7 Å². The molecule has 1 aliphatic heterocycles. The van der Waals surface area contributed by atoms with Crippen LogP contribution in [0.2, 0.25) is 0 Å². The average Bonchev–Trinajstić information content (AvgIpc) is 2.18. The van der Waals surface area contributed by atoms with Crippen LogP contribution in [-0.2, 0) is 0 Å². The highest BCUT2D eigenvalue weighted by molar-refractivity contribution is 5.35. The second-order valence-electron chi connectivity index (χ2n) is 3.59. The third-order valence-electron chi connectivity index (χ3n) is 2.45. The van der Waals surface area contributed by atoms with E-state index in [1.807, 2.05) is 4.90 Å². The highest BCUT2D eigenvalue weighted by Gasteiger charge is 2.19. The van der Waals surface area contributed by atoms with E-state index < -0.39 is 0 Å². The second kappa shape index (κ2) is 3.79. The Bertz CT molecular complexity index is 362. The predicted octanol–water partition coefficient (Wildman–Crippen LogP) is -0.303. The summed E-state index contributed by atoms with van der Waals surface area (Å²) < 4.78 is 0. The van der Waals surface area contributed by atoms with Gasteiger partial charge in [-0.1, -0.05) is 0 Å². The molecule has 0 spiro atoms. The molecule has 0 saturated carbocycles. The normalized spacial score (nSPS) is 22.4. The number of aromatic nitrogens is 2. The molecule has 1 saturated heterocycles.